The molecule has 1 heterocycles. The summed E-state index contributed by atoms with van der Waals surface area (Å²) in [5, 5.41) is 2.89. The van der Waals surface area contributed by atoms with Gasteiger partial charge < -0.3 is 19.7 Å². The van der Waals surface area contributed by atoms with Gasteiger partial charge in [-0.1, -0.05) is 0 Å². The molecule has 0 aliphatic carbocycles. The standard InChI is InChI=1S/C19H26N2O5/c1-19(2,3)26-18(24)20-14-6-5-9-21(11-14)16-8-7-13(12-22)10-15(16)17(23)25-4/h7-8,10,12,14H,5-6,9,11H2,1-4H3,(H,20,24)/t14-/m0/s1. The summed E-state index contributed by atoms with van der Waals surface area (Å²) in [6, 6.07) is 4.85. The van der Waals surface area contributed by atoms with Crippen LogP contribution in [0.15, 0.2) is 18.2 Å². The number of hydrogen-bond acceptors (Lipinski definition) is 6. The number of rotatable bonds is 4. The lowest BCUT2D eigenvalue weighted by atomic mass is 10.0. The van der Waals surface area contributed by atoms with Crippen LogP contribution in [0.3, 0.4) is 0 Å². The normalized spacial score (nSPS) is 17.4. The van der Waals surface area contributed by atoms with Gasteiger partial charge in [-0.05, 0) is 51.8 Å². The number of hydrogen-bond donors (Lipinski definition) is 1. The summed E-state index contributed by atoms with van der Waals surface area (Å²) in [7, 11) is 1.31. The van der Waals surface area contributed by atoms with Gasteiger partial charge in [0.2, 0.25) is 0 Å². The van der Waals surface area contributed by atoms with Gasteiger partial charge in [0.15, 0.2) is 0 Å². The van der Waals surface area contributed by atoms with Crippen LogP contribution >= 0.6 is 0 Å². The molecule has 0 radical (unpaired) electrons. The van der Waals surface area contributed by atoms with Crippen molar-refractivity contribution in [2.45, 2.75) is 45.3 Å². The monoisotopic (exact) mass is 362 g/mol. The van der Waals surface area contributed by atoms with Crippen LogP contribution in [0, 0.1) is 0 Å². The zero-order valence-electron chi connectivity index (χ0n) is 15.7. The molecule has 0 saturated carbocycles. The Bertz CT molecular complexity index is 681. The highest BCUT2D eigenvalue weighted by Gasteiger charge is 2.26. The van der Waals surface area contributed by atoms with Crippen LogP contribution in [-0.4, -0.2) is 50.2 Å². The molecular weight excluding hydrogens is 336 g/mol. The Labute approximate surface area is 153 Å². The highest BCUT2D eigenvalue weighted by Crippen LogP contribution is 2.26. The fourth-order valence-corrected chi connectivity index (χ4v) is 2.96. The van der Waals surface area contributed by atoms with Crippen molar-refractivity contribution in [3.8, 4) is 0 Å². The molecule has 1 N–H and O–H groups in total. The molecule has 0 unspecified atom stereocenters. The van der Waals surface area contributed by atoms with Crippen LogP contribution in [0.1, 0.15) is 54.3 Å². The van der Waals surface area contributed by atoms with Crippen molar-refractivity contribution in [3.05, 3.63) is 29.3 Å². The molecular formula is C19H26N2O5. The molecule has 0 bridgehead atoms. The fraction of sp³-hybridized carbons (Fsp3) is 0.526. The van der Waals surface area contributed by atoms with E-state index in [1.165, 1.54) is 13.2 Å². The quantitative estimate of drug-likeness (QED) is 0.655. The van der Waals surface area contributed by atoms with E-state index in [9.17, 15) is 14.4 Å². The van der Waals surface area contributed by atoms with E-state index in [2.05, 4.69) is 5.32 Å². The first-order valence-electron chi connectivity index (χ1n) is 8.65. The van der Waals surface area contributed by atoms with Crippen molar-refractivity contribution in [2.24, 2.45) is 0 Å². The molecule has 7 heteroatoms. The first kappa shape index (κ1) is 19.8. The average Bonchev–Trinajstić information content (AvgIpc) is 2.59. The first-order chi connectivity index (χ1) is 12.2. The van der Waals surface area contributed by atoms with Gasteiger partial charge in [0.25, 0.3) is 0 Å². The number of piperidine rings is 1. The zero-order valence-corrected chi connectivity index (χ0v) is 15.7. The van der Waals surface area contributed by atoms with Crippen LogP contribution in [0.4, 0.5) is 10.5 Å². The van der Waals surface area contributed by atoms with E-state index in [-0.39, 0.29) is 6.04 Å². The number of carbonyl (C=O) groups excluding carboxylic acids is 3. The number of nitrogens with one attached hydrogen (secondary N) is 1. The van der Waals surface area contributed by atoms with Crippen LogP contribution in [-0.2, 0) is 9.47 Å². The predicted molar refractivity (Wildman–Crippen MR) is 97.8 cm³/mol. The third-order valence-corrected chi connectivity index (χ3v) is 4.04. The Kier molecular flexibility index (Phi) is 6.23. The molecule has 1 atom stereocenters. The summed E-state index contributed by atoms with van der Waals surface area (Å²) in [5.74, 6) is -0.495. The van der Waals surface area contributed by atoms with Gasteiger partial charge in [-0.2, -0.15) is 0 Å². The summed E-state index contributed by atoms with van der Waals surface area (Å²) in [5.41, 5.74) is 0.893. The van der Waals surface area contributed by atoms with Gasteiger partial charge in [-0.25, -0.2) is 9.59 Å². The highest BCUT2D eigenvalue weighted by atomic mass is 16.6. The minimum absolute atomic E-state index is 0.0881. The average molecular weight is 362 g/mol. The molecule has 1 saturated heterocycles. The topological polar surface area (TPSA) is 84.9 Å². The molecule has 1 amide bonds. The number of aldehydes is 1. The lowest BCUT2D eigenvalue weighted by Crippen LogP contribution is -2.49. The van der Waals surface area contributed by atoms with Crippen molar-refractivity contribution in [1.29, 1.82) is 0 Å². The molecule has 1 aromatic carbocycles. The lowest BCUT2D eigenvalue weighted by Gasteiger charge is -2.35. The van der Waals surface area contributed by atoms with E-state index >= 15 is 0 Å². The van der Waals surface area contributed by atoms with Crippen LogP contribution in [0.5, 0.6) is 0 Å². The van der Waals surface area contributed by atoms with E-state index in [1.54, 1.807) is 12.1 Å². The minimum atomic E-state index is -0.554. The molecule has 7 nitrogen and oxygen atoms in total. The molecule has 26 heavy (non-hydrogen) atoms. The number of alkyl carbamates (subject to hydrolysis) is 1. The van der Waals surface area contributed by atoms with E-state index in [0.717, 1.165) is 19.4 Å². The van der Waals surface area contributed by atoms with E-state index in [4.69, 9.17) is 9.47 Å². The van der Waals surface area contributed by atoms with Gasteiger partial charge in [0.05, 0.1) is 18.4 Å². The van der Waals surface area contributed by atoms with Crippen LogP contribution in [0.2, 0.25) is 0 Å². The Hall–Kier alpha value is -2.57. The maximum atomic E-state index is 12.1. The second-order valence-electron chi connectivity index (χ2n) is 7.32. The largest absolute Gasteiger partial charge is 0.465 e. The number of amides is 1. The Morgan fingerprint density at radius 2 is 2.04 bits per heavy atom. The number of ether oxygens (including phenoxy) is 2. The minimum Gasteiger partial charge on any atom is -0.465 e. The second kappa shape index (κ2) is 8.21. The zero-order chi connectivity index (χ0) is 19.3. The molecule has 1 aliphatic rings. The third kappa shape index (κ3) is 5.21. The highest BCUT2D eigenvalue weighted by molar-refractivity contribution is 5.97. The molecule has 142 valence electrons. The van der Waals surface area contributed by atoms with Crippen molar-refractivity contribution < 1.29 is 23.9 Å². The predicted octanol–water partition coefficient (Wildman–Crippen LogP) is 2.78. The number of benzene rings is 1. The number of nitrogens with zero attached hydrogens (tertiary/aromatic N) is 1. The SMILES string of the molecule is COC(=O)c1cc(C=O)ccc1N1CCC[C@H](NC(=O)OC(C)(C)C)C1. The van der Waals surface area contributed by atoms with Gasteiger partial charge in [-0.3, -0.25) is 4.79 Å². The Morgan fingerprint density at radius 3 is 2.65 bits per heavy atom. The Morgan fingerprint density at radius 1 is 1.31 bits per heavy atom. The van der Waals surface area contributed by atoms with Crippen molar-refractivity contribution in [3.63, 3.8) is 0 Å². The summed E-state index contributed by atoms with van der Waals surface area (Å²) < 4.78 is 10.2. The van der Waals surface area contributed by atoms with Gasteiger partial charge >= 0.3 is 12.1 Å². The Balaban J connectivity index is 2.15. The van der Waals surface area contributed by atoms with Crippen LogP contribution < -0.4 is 10.2 Å². The van der Waals surface area contributed by atoms with Crippen molar-refractivity contribution in [2.75, 3.05) is 25.1 Å². The summed E-state index contributed by atoms with van der Waals surface area (Å²) in [6.07, 6.45) is 1.93. The second-order valence-corrected chi connectivity index (χ2v) is 7.32. The molecule has 2 rings (SSSR count). The van der Waals surface area contributed by atoms with Gasteiger partial charge in [-0.15, -0.1) is 0 Å². The third-order valence-electron chi connectivity index (χ3n) is 4.04. The van der Waals surface area contributed by atoms with Gasteiger partial charge in [0.1, 0.15) is 11.9 Å². The molecule has 1 fully saturated rings. The van der Waals surface area contributed by atoms with E-state index in [1.807, 2.05) is 25.7 Å². The number of esters is 1. The van der Waals surface area contributed by atoms with Crippen molar-refractivity contribution >= 4 is 24.0 Å². The maximum Gasteiger partial charge on any atom is 0.407 e. The lowest BCUT2D eigenvalue weighted by molar-refractivity contribution is 0.0498. The fourth-order valence-electron chi connectivity index (χ4n) is 2.96. The number of methoxy groups -OCH3 is 1. The summed E-state index contributed by atoms with van der Waals surface area (Å²) >= 11 is 0. The maximum absolute atomic E-state index is 12.1. The number of anilines is 1. The smallest absolute Gasteiger partial charge is 0.407 e. The molecule has 1 aliphatic heterocycles. The van der Waals surface area contributed by atoms with Gasteiger partial charge in [0, 0.05) is 24.7 Å². The summed E-state index contributed by atoms with van der Waals surface area (Å²) in [6.45, 7) is 6.74. The number of carbonyl (C=O) groups is 3. The molecule has 0 spiro atoms. The van der Waals surface area contributed by atoms with E-state index in [0.29, 0.717) is 29.6 Å². The first-order valence-corrected chi connectivity index (χ1v) is 8.65. The van der Waals surface area contributed by atoms with Crippen molar-refractivity contribution in [1.82, 2.24) is 5.32 Å². The molecule has 1 aromatic rings. The van der Waals surface area contributed by atoms with Crippen LogP contribution in [0.25, 0.3) is 0 Å². The summed E-state index contributed by atoms with van der Waals surface area (Å²) in [4.78, 5) is 37.2. The van der Waals surface area contributed by atoms with E-state index < -0.39 is 17.7 Å². The molecule has 0 aromatic heterocycles.